The lowest BCUT2D eigenvalue weighted by molar-refractivity contribution is -0.129. The van der Waals surface area contributed by atoms with Crippen molar-refractivity contribution in [1.82, 2.24) is 4.90 Å². The number of ether oxygens (including phenoxy) is 2. The van der Waals surface area contributed by atoms with Gasteiger partial charge in [0.15, 0.2) is 0 Å². The fraction of sp³-hybridized carbons (Fsp3) is 0.278. The number of rotatable bonds is 6. The molecule has 128 valence electrons. The van der Waals surface area contributed by atoms with Gasteiger partial charge >= 0.3 is 0 Å². The SMILES string of the molecule is COc1ccc(CN(C)C(=O)Cc2ccc(Cl)cc2Cl)c(OC)c1. The molecule has 0 spiro atoms. The van der Waals surface area contributed by atoms with Gasteiger partial charge in [-0.25, -0.2) is 0 Å². The minimum atomic E-state index is -0.0444. The van der Waals surface area contributed by atoms with Gasteiger partial charge in [-0.1, -0.05) is 29.3 Å². The summed E-state index contributed by atoms with van der Waals surface area (Å²) in [6.07, 6.45) is 0.213. The Kier molecular flexibility index (Phi) is 6.35. The summed E-state index contributed by atoms with van der Waals surface area (Å²) in [7, 11) is 4.93. The molecule has 0 unspecified atom stereocenters. The van der Waals surface area contributed by atoms with Crippen LogP contribution >= 0.6 is 23.2 Å². The van der Waals surface area contributed by atoms with Gasteiger partial charge < -0.3 is 14.4 Å². The van der Waals surface area contributed by atoms with Crippen molar-refractivity contribution < 1.29 is 14.3 Å². The van der Waals surface area contributed by atoms with Gasteiger partial charge in [-0.05, 0) is 29.8 Å². The number of carbonyl (C=O) groups is 1. The summed E-state index contributed by atoms with van der Waals surface area (Å²) in [5.74, 6) is 1.34. The maximum absolute atomic E-state index is 12.4. The average Bonchev–Trinajstić information content (AvgIpc) is 2.57. The Balaban J connectivity index is 2.08. The van der Waals surface area contributed by atoms with E-state index in [0.29, 0.717) is 28.1 Å². The highest BCUT2D eigenvalue weighted by Crippen LogP contribution is 2.26. The van der Waals surface area contributed by atoms with Crippen LogP contribution in [0.2, 0.25) is 10.0 Å². The molecule has 0 radical (unpaired) electrons. The van der Waals surface area contributed by atoms with E-state index in [2.05, 4.69) is 0 Å². The molecule has 2 aromatic rings. The number of methoxy groups -OCH3 is 2. The molecule has 4 nitrogen and oxygen atoms in total. The first-order chi connectivity index (χ1) is 11.4. The number of halogens is 2. The van der Waals surface area contributed by atoms with Crippen molar-refractivity contribution in [2.45, 2.75) is 13.0 Å². The fourth-order valence-corrected chi connectivity index (χ4v) is 2.76. The Hall–Kier alpha value is -1.91. The van der Waals surface area contributed by atoms with E-state index in [4.69, 9.17) is 32.7 Å². The van der Waals surface area contributed by atoms with Crippen molar-refractivity contribution in [1.29, 1.82) is 0 Å². The van der Waals surface area contributed by atoms with E-state index in [1.54, 1.807) is 50.4 Å². The number of hydrogen-bond donors (Lipinski definition) is 0. The van der Waals surface area contributed by atoms with E-state index in [0.717, 1.165) is 11.1 Å². The maximum Gasteiger partial charge on any atom is 0.227 e. The van der Waals surface area contributed by atoms with Crippen molar-refractivity contribution in [3.63, 3.8) is 0 Å². The predicted molar refractivity (Wildman–Crippen MR) is 96.2 cm³/mol. The predicted octanol–water partition coefficient (Wildman–Crippen LogP) is 4.21. The van der Waals surface area contributed by atoms with Crippen molar-refractivity contribution in [3.05, 3.63) is 57.6 Å². The molecule has 2 aromatic carbocycles. The van der Waals surface area contributed by atoms with Crippen molar-refractivity contribution in [2.24, 2.45) is 0 Å². The van der Waals surface area contributed by atoms with Crippen molar-refractivity contribution >= 4 is 29.1 Å². The van der Waals surface area contributed by atoms with Gasteiger partial charge in [-0.3, -0.25) is 4.79 Å². The molecular weight excluding hydrogens is 349 g/mol. The first-order valence-electron chi connectivity index (χ1n) is 7.33. The average molecular weight is 368 g/mol. The number of nitrogens with zero attached hydrogens (tertiary/aromatic N) is 1. The monoisotopic (exact) mass is 367 g/mol. The van der Waals surface area contributed by atoms with Crippen molar-refractivity contribution in [2.75, 3.05) is 21.3 Å². The number of likely N-dealkylation sites (N-methyl/N-ethyl adjacent to an activating group) is 1. The van der Waals surface area contributed by atoms with Crippen LogP contribution in [0, 0.1) is 0 Å². The molecule has 0 saturated carbocycles. The lowest BCUT2D eigenvalue weighted by atomic mass is 10.1. The molecule has 0 aromatic heterocycles. The van der Waals surface area contributed by atoms with Crippen molar-refractivity contribution in [3.8, 4) is 11.5 Å². The maximum atomic E-state index is 12.4. The number of hydrogen-bond acceptors (Lipinski definition) is 3. The summed E-state index contributed by atoms with van der Waals surface area (Å²) in [4.78, 5) is 14.1. The van der Waals surface area contributed by atoms with Gasteiger partial charge in [0.25, 0.3) is 0 Å². The van der Waals surface area contributed by atoms with Crippen LogP contribution in [0.15, 0.2) is 36.4 Å². The minimum absolute atomic E-state index is 0.0444. The summed E-state index contributed by atoms with van der Waals surface area (Å²) in [6, 6.07) is 10.7. The molecule has 0 saturated heterocycles. The number of carbonyl (C=O) groups excluding carboxylic acids is 1. The van der Waals surface area contributed by atoms with Crippen LogP contribution in [0.1, 0.15) is 11.1 Å². The second-order valence-corrected chi connectivity index (χ2v) is 6.18. The quantitative estimate of drug-likeness (QED) is 0.767. The molecule has 0 heterocycles. The van der Waals surface area contributed by atoms with Crippen LogP contribution in [0.3, 0.4) is 0 Å². The van der Waals surface area contributed by atoms with Crippen LogP contribution in [0.25, 0.3) is 0 Å². The molecule has 0 aliphatic heterocycles. The zero-order valence-corrected chi connectivity index (χ0v) is 15.3. The Labute approximate surface area is 151 Å². The van der Waals surface area contributed by atoms with Gasteiger partial charge in [0.1, 0.15) is 11.5 Å². The lowest BCUT2D eigenvalue weighted by Crippen LogP contribution is -2.28. The van der Waals surface area contributed by atoms with Gasteiger partial charge in [-0.15, -0.1) is 0 Å². The summed E-state index contributed by atoms with van der Waals surface area (Å²) >= 11 is 12.0. The number of amides is 1. The molecule has 1 amide bonds. The van der Waals surface area contributed by atoms with Gasteiger partial charge in [0.2, 0.25) is 5.91 Å². The van der Waals surface area contributed by atoms with Crippen LogP contribution in [0.5, 0.6) is 11.5 Å². The molecule has 0 fully saturated rings. The molecule has 0 atom stereocenters. The highest BCUT2D eigenvalue weighted by Gasteiger charge is 2.15. The third-order valence-corrected chi connectivity index (χ3v) is 4.27. The molecule has 24 heavy (non-hydrogen) atoms. The van der Waals surface area contributed by atoms with Crippen LogP contribution in [-0.2, 0) is 17.8 Å². The normalized spacial score (nSPS) is 10.4. The third-order valence-electron chi connectivity index (χ3n) is 3.68. The highest BCUT2D eigenvalue weighted by molar-refractivity contribution is 6.35. The topological polar surface area (TPSA) is 38.8 Å². The van der Waals surface area contributed by atoms with Crippen LogP contribution in [0.4, 0.5) is 0 Å². The smallest absolute Gasteiger partial charge is 0.227 e. The van der Waals surface area contributed by atoms with E-state index in [9.17, 15) is 4.79 Å². The Bertz CT molecular complexity index is 734. The Morgan fingerprint density at radius 2 is 1.75 bits per heavy atom. The van der Waals surface area contributed by atoms with Gasteiger partial charge in [0, 0.05) is 35.3 Å². The molecule has 0 aliphatic carbocycles. The summed E-state index contributed by atoms with van der Waals surface area (Å²) < 4.78 is 10.5. The van der Waals surface area contributed by atoms with Crippen LogP contribution < -0.4 is 9.47 Å². The summed E-state index contributed by atoms with van der Waals surface area (Å²) in [6.45, 7) is 0.428. The Morgan fingerprint density at radius 3 is 2.38 bits per heavy atom. The highest BCUT2D eigenvalue weighted by atomic mass is 35.5. The summed E-state index contributed by atoms with van der Waals surface area (Å²) in [5.41, 5.74) is 1.65. The Morgan fingerprint density at radius 1 is 1.04 bits per heavy atom. The van der Waals surface area contributed by atoms with Gasteiger partial charge in [0.05, 0.1) is 20.6 Å². The van der Waals surface area contributed by atoms with Gasteiger partial charge in [-0.2, -0.15) is 0 Å². The van der Waals surface area contributed by atoms with Crippen LogP contribution in [-0.4, -0.2) is 32.1 Å². The third kappa shape index (κ3) is 4.56. The minimum Gasteiger partial charge on any atom is -0.497 e. The first kappa shape index (κ1) is 18.4. The van der Waals surface area contributed by atoms with E-state index < -0.39 is 0 Å². The molecule has 0 bridgehead atoms. The zero-order valence-electron chi connectivity index (χ0n) is 13.8. The standard InChI is InChI=1S/C18H19Cl2NO3/c1-21(11-13-5-7-15(23-2)10-17(13)24-3)18(22)8-12-4-6-14(19)9-16(12)20/h4-7,9-10H,8,11H2,1-3H3. The first-order valence-corrected chi connectivity index (χ1v) is 8.09. The fourth-order valence-electron chi connectivity index (χ4n) is 2.29. The molecule has 2 rings (SSSR count). The largest absolute Gasteiger partial charge is 0.497 e. The second-order valence-electron chi connectivity index (χ2n) is 5.34. The molecule has 0 N–H and O–H groups in total. The molecule has 6 heteroatoms. The molecule has 0 aliphatic rings. The van der Waals surface area contributed by atoms with E-state index in [1.807, 2.05) is 12.1 Å². The number of benzene rings is 2. The van der Waals surface area contributed by atoms with E-state index in [-0.39, 0.29) is 12.3 Å². The van der Waals surface area contributed by atoms with E-state index in [1.165, 1.54) is 0 Å². The zero-order chi connectivity index (χ0) is 17.7. The molecular formula is C18H19Cl2NO3. The lowest BCUT2D eigenvalue weighted by Gasteiger charge is -2.19. The second kappa shape index (κ2) is 8.27. The van der Waals surface area contributed by atoms with E-state index >= 15 is 0 Å². The summed E-state index contributed by atoms with van der Waals surface area (Å²) in [5, 5.41) is 1.04.